The van der Waals surface area contributed by atoms with Crippen molar-refractivity contribution < 1.29 is 4.79 Å². The second-order valence-corrected chi connectivity index (χ2v) is 6.73. The number of nitrogen functional groups attached to an aromatic ring is 1. The van der Waals surface area contributed by atoms with Crippen LogP contribution in [0, 0.1) is 13.8 Å². The number of aromatic nitrogens is 3. The number of nitrogens with zero attached hydrogens (tertiary/aromatic N) is 1. The van der Waals surface area contributed by atoms with E-state index in [1.165, 1.54) is 17.0 Å². The number of fused-ring (bicyclic) bond motifs is 1. The summed E-state index contributed by atoms with van der Waals surface area (Å²) in [6, 6.07) is 16.0. The molecule has 1 amide bonds. The first-order chi connectivity index (χ1) is 13.0. The molecule has 4 aromatic rings. The Hall–Kier alpha value is -3.54. The minimum atomic E-state index is -0.236. The smallest absolute Gasteiger partial charge is 0.269 e. The molecule has 0 saturated heterocycles. The summed E-state index contributed by atoms with van der Waals surface area (Å²) in [6.07, 6.45) is 0. The molecule has 0 radical (unpaired) electrons. The number of nitrogens with two attached hydrogens (primary N) is 1. The van der Waals surface area contributed by atoms with Crippen LogP contribution in [-0.4, -0.2) is 21.1 Å². The summed E-state index contributed by atoms with van der Waals surface area (Å²) in [4.78, 5) is 15.8. The molecule has 0 unspecified atom stereocenters. The van der Waals surface area contributed by atoms with E-state index in [1.54, 1.807) is 0 Å². The highest BCUT2D eigenvalue weighted by Gasteiger charge is 2.14. The molecule has 136 valence electrons. The Morgan fingerprint density at radius 3 is 2.63 bits per heavy atom. The number of aromatic amines is 2. The van der Waals surface area contributed by atoms with Crippen molar-refractivity contribution >= 4 is 22.6 Å². The summed E-state index contributed by atoms with van der Waals surface area (Å²) in [7, 11) is 0. The number of rotatable bonds is 4. The fraction of sp³-hybridized carbons (Fsp3) is 0.143. The Balaban J connectivity index is 1.69. The lowest BCUT2D eigenvalue weighted by Crippen LogP contribution is -2.23. The van der Waals surface area contributed by atoms with Crippen molar-refractivity contribution in [3.8, 4) is 11.3 Å². The molecule has 27 heavy (non-hydrogen) atoms. The van der Waals surface area contributed by atoms with E-state index in [0.717, 1.165) is 27.9 Å². The molecule has 6 heteroatoms. The van der Waals surface area contributed by atoms with Gasteiger partial charge in [-0.2, -0.15) is 5.10 Å². The zero-order chi connectivity index (χ0) is 19.0. The van der Waals surface area contributed by atoms with Crippen LogP contribution in [0.15, 0.2) is 48.5 Å². The van der Waals surface area contributed by atoms with Crippen molar-refractivity contribution in [2.45, 2.75) is 20.4 Å². The van der Waals surface area contributed by atoms with Crippen LogP contribution >= 0.6 is 0 Å². The van der Waals surface area contributed by atoms with Crippen LogP contribution in [0.5, 0.6) is 0 Å². The molecular weight excluding hydrogens is 338 g/mol. The first kappa shape index (κ1) is 16.9. The molecule has 0 spiro atoms. The second-order valence-electron chi connectivity index (χ2n) is 6.73. The highest BCUT2D eigenvalue weighted by molar-refractivity contribution is 5.95. The molecule has 0 aliphatic heterocycles. The molecule has 5 N–H and O–H groups in total. The van der Waals surface area contributed by atoms with E-state index in [-0.39, 0.29) is 5.91 Å². The van der Waals surface area contributed by atoms with Crippen molar-refractivity contribution in [2.24, 2.45) is 0 Å². The number of anilines is 1. The fourth-order valence-electron chi connectivity index (χ4n) is 3.42. The van der Waals surface area contributed by atoms with Gasteiger partial charge in [-0.1, -0.05) is 42.0 Å². The molecule has 0 aliphatic carbocycles. The van der Waals surface area contributed by atoms with E-state index < -0.39 is 0 Å². The molecule has 0 aliphatic rings. The van der Waals surface area contributed by atoms with Crippen LogP contribution in [0.2, 0.25) is 0 Å². The maximum absolute atomic E-state index is 12.3. The Morgan fingerprint density at radius 2 is 1.93 bits per heavy atom. The maximum atomic E-state index is 12.3. The van der Waals surface area contributed by atoms with Crippen molar-refractivity contribution in [1.82, 2.24) is 20.5 Å². The molecule has 0 fully saturated rings. The van der Waals surface area contributed by atoms with Gasteiger partial charge in [0.05, 0.1) is 5.52 Å². The van der Waals surface area contributed by atoms with Gasteiger partial charge >= 0.3 is 0 Å². The lowest BCUT2D eigenvalue weighted by Gasteiger charge is -2.07. The largest absolute Gasteiger partial charge is 0.382 e. The number of H-pyrrole nitrogens is 2. The fourth-order valence-corrected chi connectivity index (χ4v) is 3.42. The van der Waals surface area contributed by atoms with E-state index in [1.807, 2.05) is 18.2 Å². The van der Waals surface area contributed by atoms with Crippen molar-refractivity contribution in [2.75, 3.05) is 5.73 Å². The van der Waals surface area contributed by atoms with E-state index in [9.17, 15) is 4.79 Å². The van der Waals surface area contributed by atoms with Gasteiger partial charge in [0, 0.05) is 23.7 Å². The second kappa shape index (κ2) is 6.64. The Labute approximate surface area is 156 Å². The van der Waals surface area contributed by atoms with E-state index in [0.29, 0.717) is 18.1 Å². The number of nitrogens with one attached hydrogen (secondary N) is 3. The van der Waals surface area contributed by atoms with Crippen molar-refractivity contribution in [3.63, 3.8) is 0 Å². The van der Waals surface area contributed by atoms with Gasteiger partial charge in [0.25, 0.3) is 5.91 Å². The molecule has 0 saturated carbocycles. The molecule has 0 atom stereocenters. The van der Waals surface area contributed by atoms with Crippen LogP contribution in [0.25, 0.3) is 22.2 Å². The minimum absolute atomic E-state index is 0.236. The van der Waals surface area contributed by atoms with Crippen LogP contribution in [-0.2, 0) is 6.54 Å². The number of amides is 1. The third kappa shape index (κ3) is 3.17. The number of carbonyl (C=O) groups is 1. The zero-order valence-electron chi connectivity index (χ0n) is 15.3. The van der Waals surface area contributed by atoms with Gasteiger partial charge in [-0.25, -0.2) is 0 Å². The van der Waals surface area contributed by atoms with Crippen LogP contribution in [0.1, 0.15) is 27.2 Å². The maximum Gasteiger partial charge on any atom is 0.269 e. The Kier molecular flexibility index (Phi) is 4.16. The predicted molar refractivity (Wildman–Crippen MR) is 107 cm³/mol. The molecular formula is C21H21N5O. The summed E-state index contributed by atoms with van der Waals surface area (Å²) in [5.41, 5.74) is 12.6. The summed E-state index contributed by atoms with van der Waals surface area (Å²) in [5, 5.41) is 10.5. The lowest BCUT2D eigenvalue weighted by atomic mass is 10.0. The van der Waals surface area contributed by atoms with Gasteiger partial charge < -0.3 is 16.0 Å². The average molecular weight is 359 g/mol. The lowest BCUT2D eigenvalue weighted by molar-refractivity contribution is 0.0946. The average Bonchev–Trinajstić information content (AvgIpc) is 3.24. The quantitative estimate of drug-likeness (QED) is 0.447. The summed E-state index contributed by atoms with van der Waals surface area (Å²) < 4.78 is 0. The zero-order valence-corrected chi connectivity index (χ0v) is 15.3. The van der Waals surface area contributed by atoms with Crippen molar-refractivity contribution in [1.29, 1.82) is 0 Å². The van der Waals surface area contributed by atoms with Crippen LogP contribution in [0.4, 0.5) is 5.82 Å². The molecule has 6 nitrogen and oxygen atoms in total. The Morgan fingerprint density at radius 1 is 1.15 bits per heavy atom. The standard InChI is InChI=1S/C21H21N5O/c1-12-8-15(11-23-21(27)17-10-18(22)26-25-17)20-16(9-12)13(2)19(24-20)14-6-4-3-5-7-14/h3-10,24H,11H2,1-2H3,(H,23,27)(H3,22,25,26). The van der Waals surface area contributed by atoms with Crippen molar-refractivity contribution in [3.05, 3.63) is 70.9 Å². The third-order valence-electron chi connectivity index (χ3n) is 4.74. The molecule has 2 aromatic heterocycles. The Bertz CT molecular complexity index is 1120. The first-order valence-corrected chi connectivity index (χ1v) is 8.79. The van der Waals surface area contributed by atoms with Gasteiger partial charge in [-0.15, -0.1) is 0 Å². The van der Waals surface area contributed by atoms with Gasteiger partial charge in [-0.3, -0.25) is 9.89 Å². The molecule has 2 aromatic carbocycles. The number of aryl methyl sites for hydroxylation is 2. The summed E-state index contributed by atoms with van der Waals surface area (Å²) >= 11 is 0. The van der Waals surface area contributed by atoms with Crippen LogP contribution in [0.3, 0.4) is 0 Å². The predicted octanol–water partition coefficient (Wildman–Crippen LogP) is 3.69. The monoisotopic (exact) mass is 359 g/mol. The van der Waals surface area contributed by atoms with Gasteiger partial charge in [0.15, 0.2) is 0 Å². The van der Waals surface area contributed by atoms with Gasteiger partial charge in [-0.05, 0) is 36.6 Å². The number of benzene rings is 2. The first-order valence-electron chi connectivity index (χ1n) is 8.79. The van der Waals surface area contributed by atoms with Crippen LogP contribution < -0.4 is 11.1 Å². The number of hydrogen-bond acceptors (Lipinski definition) is 3. The van der Waals surface area contributed by atoms with Gasteiger partial charge in [0.1, 0.15) is 11.5 Å². The highest BCUT2D eigenvalue weighted by Crippen LogP contribution is 2.32. The minimum Gasteiger partial charge on any atom is -0.382 e. The normalized spacial score (nSPS) is 11.0. The van der Waals surface area contributed by atoms with E-state index in [2.05, 4.69) is 58.6 Å². The topological polar surface area (TPSA) is 99.6 Å². The number of hydrogen-bond donors (Lipinski definition) is 4. The van der Waals surface area contributed by atoms with E-state index >= 15 is 0 Å². The summed E-state index contributed by atoms with van der Waals surface area (Å²) in [6.45, 7) is 4.59. The molecule has 2 heterocycles. The van der Waals surface area contributed by atoms with Gasteiger partial charge in [0.2, 0.25) is 0 Å². The summed E-state index contributed by atoms with van der Waals surface area (Å²) in [5.74, 6) is 0.0611. The third-order valence-corrected chi connectivity index (χ3v) is 4.74. The van der Waals surface area contributed by atoms with E-state index in [4.69, 9.17) is 5.73 Å². The molecule has 0 bridgehead atoms. The highest BCUT2D eigenvalue weighted by atomic mass is 16.1. The molecule has 4 rings (SSSR count). The SMILES string of the molecule is Cc1cc(CNC(=O)c2cc(N)n[nH]2)c2[nH]c(-c3ccccc3)c(C)c2c1. The number of carbonyl (C=O) groups excluding carboxylic acids is 1.